The van der Waals surface area contributed by atoms with Gasteiger partial charge in [-0.2, -0.15) is 0 Å². The third-order valence-corrected chi connectivity index (χ3v) is 9.42. The summed E-state index contributed by atoms with van der Waals surface area (Å²) in [5, 5.41) is 17.8. The van der Waals surface area contributed by atoms with Crippen LogP contribution in [-0.2, 0) is 28.0 Å². The zero-order valence-corrected chi connectivity index (χ0v) is 26.0. The Kier molecular flexibility index (Phi) is 10.3. The average Bonchev–Trinajstić information content (AvgIpc) is 3.94. The van der Waals surface area contributed by atoms with Crippen molar-refractivity contribution in [2.45, 2.75) is 89.5 Å². The predicted molar refractivity (Wildman–Crippen MR) is 168 cm³/mol. The lowest BCUT2D eigenvalue weighted by atomic mass is 10.0. The van der Waals surface area contributed by atoms with E-state index in [9.17, 15) is 19.1 Å². The lowest BCUT2D eigenvalue weighted by molar-refractivity contribution is -0.135. The van der Waals surface area contributed by atoms with Crippen LogP contribution >= 0.6 is 0 Å². The summed E-state index contributed by atoms with van der Waals surface area (Å²) in [6.07, 6.45) is 10.5. The van der Waals surface area contributed by atoms with E-state index in [0.29, 0.717) is 25.9 Å². The number of aliphatic hydroxyl groups is 1. The normalized spacial score (nSPS) is 25.7. The standard InChI is InChI=1S/C36H46FN3O4/c1-4-11-29-31-32(29)35(43)40(17-5-2)18-9-7-8-12-25-20-27(37)22-28(21-25)44-34(39-33(31)42)30(41)23-38-36(15-16-36)26-14-10-13-24(6-3)19-26/h1,10,13-14,19-22,29-32,34,38,41H,5-9,11-12,15-18,23H2,2-3H3,(H,39,42). The van der Waals surface area contributed by atoms with Crippen molar-refractivity contribution < 1.29 is 23.8 Å². The number of terminal acetylenes is 1. The van der Waals surface area contributed by atoms with Gasteiger partial charge in [0.2, 0.25) is 11.8 Å². The molecule has 0 radical (unpaired) electrons. The molecule has 0 saturated heterocycles. The molecule has 1 aliphatic heterocycles. The van der Waals surface area contributed by atoms with Gasteiger partial charge >= 0.3 is 0 Å². The first kappa shape index (κ1) is 32.0. The third kappa shape index (κ3) is 7.44. The Morgan fingerprint density at radius 2 is 1.98 bits per heavy atom. The van der Waals surface area contributed by atoms with Gasteiger partial charge in [0.25, 0.3) is 0 Å². The van der Waals surface area contributed by atoms with E-state index in [4.69, 9.17) is 11.2 Å². The molecule has 2 aromatic carbocycles. The molecule has 0 spiro atoms. The van der Waals surface area contributed by atoms with E-state index in [0.717, 1.165) is 50.5 Å². The Balaban J connectivity index is 1.38. The highest BCUT2D eigenvalue weighted by Crippen LogP contribution is 2.50. The molecule has 236 valence electrons. The number of hydrogen-bond donors (Lipinski definition) is 3. The highest BCUT2D eigenvalue weighted by atomic mass is 19.1. The number of carbonyl (C=O) groups excluding carboxylic acids is 2. The van der Waals surface area contributed by atoms with Crippen molar-refractivity contribution >= 4 is 11.8 Å². The Morgan fingerprint density at radius 1 is 1.16 bits per heavy atom. The Labute approximate surface area is 260 Å². The summed E-state index contributed by atoms with van der Waals surface area (Å²) in [4.78, 5) is 29.2. The molecule has 1 heterocycles. The second kappa shape index (κ2) is 14.1. The summed E-state index contributed by atoms with van der Waals surface area (Å²) in [7, 11) is 0. The second-order valence-corrected chi connectivity index (χ2v) is 12.7. The van der Waals surface area contributed by atoms with Crippen LogP contribution in [0.1, 0.15) is 75.5 Å². The van der Waals surface area contributed by atoms with E-state index in [2.05, 4.69) is 47.7 Å². The minimum atomic E-state index is -1.16. The molecule has 3 aliphatic rings. The minimum absolute atomic E-state index is 0.0312. The summed E-state index contributed by atoms with van der Waals surface area (Å²) in [6.45, 7) is 5.55. The van der Waals surface area contributed by atoms with Crippen molar-refractivity contribution in [3.63, 3.8) is 0 Å². The minimum Gasteiger partial charge on any atom is -0.468 e. The Bertz CT molecular complexity index is 1370. The van der Waals surface area contributed by atoms with Gasteiger partial charge in [-0.05, 0) is 79.7 Å². The molecule has 5 atom stereocenters. The molecule has 2 fully saturated rings. The zero-order valence-electron chi connectivity index (χ0n) is 26.0. The zero-order chi connectivity index (χ0) is 31.3. The number of benzene rings is 2. The molecule has 44 heavy (non-hydrogen) atoms. The number of carbonyl (C=O) groups is 2. The average molecular weight is 604 g/mol. The maximum Gasteiger partial charge on any atom is 0.227 e. The summed E-state index contributed by atoms with van der Waals surface area (Å²) in [6, 6.07) is 13.0. The molecule has 0 aromatic heterocycles. The van der Waals surface area contributed by atoms with Gasteiger partial charge < -0.3 is 25.4 Å². The number of nitrogens with one attached hydrogen (secondary N) is 2. The van der Waals surface area contributed by atoms with Crippen LogP contribution in [0.25, 0.3) is 0 Å². The number of nitrogens with zero attached hydrogens (tertiary/aromatic N) is 1. The first-order valence-electron chi connectivity index (χ1n) is 16.3. The summed E-state index contributed by atoms with van der Waals surface area (Å²) in [5.41, 5.74) is 2.97. The van der Waals surface area contributed by atoms with Crippen molar-refractivity contribution in [3.05, 3.63) is 65.0 Å². The van der Waals surface area contributed by atoms with E-state index in [-0.39, 0.29) is 35.6 Å². The van der Waals surface area contributed by atoms with Gasteiger partial charge in [0.05, 0.1) is 11.8 Å². The number of fused-ring (bicyclic) bond motifs is 3. The first-order chi connectivity index (χ1) is 21.3. The number of hydrogen-bond acceptors (Lipinski definition) is 5. The second-order valence-electron chi connectivity index (χ2n) is 12.7. The molecule has 3 N–H and O–H groups in total. The van der Waals surface area contributed by atoms with Crippen molar-refractivity contribution in [2.75, 3.05) is 19.6 Å². The smallest absolute Gasteiger partial charge is 0.227 e. The highest BCUT2D eigenvalue weighted by molar-refractivity contribution is 5.93. The molecule has 2 amide bonds. The van der Waals surface area contributed by atoms with E-state index < -0.39 is 30.0 Å². The lowest BCUT2D eigenvalue weighted by Gasteiger charge is -2.28. The lowest BCUT2D eigenvalue weighted by Crippen LogP contribution is -2.52. The van der Waals surface area contributed by atoms with E-state index >= 15 is 0 Å². The van der Waals surface area contributed by atoms with Crippen molar-refractivity contribution in [3.8, 4) is 18.1 Å². The fraction of sp³-hybridized carbons (Fsp3) is 0.556. The van der Waals surface area contributed by atoms with Gasteiger partial charge in [-0.1, -0.05) is 44.5 Å². The van der Waals surface area contributed by atoms with Crippen molar-refractivity contribution in [1.82, 2.24) is 15.5 Å². The highest BCUT2D eigenvalue weighted by Gasteiger charge is 2.59. The summed E-state index contributed by atoms with van der Waals surface area (Å²) >= 11 is 0. The Hall–Kier alpha value is -3.41. The van der Waals surface area contributed by atoms with Crippen molar-refractivity contribution in [2.24, 2.45) is 17.8 Å². The van der Waals surface area contributed by atoms with Crippen LogP contribution < -0.4 is 15.4 Å². The van der Waals surface area contributed by atoms with Gasteiger partial charge in [0.1, 0.15) is 17.7 Å². The molecule has 5 rings (SSSR count). The van der Waals surface area contributed by atoms with Gasteiger partial charge in [-0.15, -0.1) is 12.3 Å². The van der Waals surface area contributed by atoms with Crippen LogP contribution in [0.2, 0.25) is 0 Å². The molecule has 2 aliphatic carbocycles. The number of rotatable bonds is 9. The molecule has 2 saturated carbocycles. The van der Waals surface area contributed by atoms with Crippen molar-refractivity contribution in [1.29, 1.82) is 0 Å². The largest absolute Gasteiger partial charge is 0.468 e. The number of halogens is 1. The molecular formula is C36H46FN3O4. The number of aryl methyl sites for hydroxylation is 2. The van der Waals surface area contributed by atoms with Crippen LogP contribution in [0.5, 0.6) is 5.75 Å². The monoisotopic (exact) mass is 603 g/mol. The third-order valence-electron chi connectivity index (χ3n) is 9.42. The molecule has 2 bridgehead atoms. The maximum absolute atomic E-state index is 14.7. The van der Waals surface area contributed by atoms with Crippen LogP contribution in [0.15, 0.2) is 42.5 Å². The molecule has 8 heteroatoms. The molecule has 2 aromatic rings. The van der Waals surface area contributed by atoms with Crippen LogP contribution in [0, 0.1) is 35.9 Å². The van der Waals surface area contributed by atoms with Crippen LogP contribution in [0.3, 0.4) is 0 Å². The van der Waals surface area contributed by atoms with E-state index in [1.165, 1.54) is 23.3 Å². The predicted octanol–water partition coefficient (Wildman–Crippen LogP) is 4.70. The topological polar surface area (TPSA) is 90.9 Å². The van der Waals surface area contributed by atoms with E-state index in [1.54, 1.807) is 6.07 Å². The number of aliphatic hydroxyl groups excluding tert-OH is 1. The summed E-state index contributed by atoms with van der Waals surface area (Å²) in [5.74, 6) is 0.665. The van der Waals surface area contributed by atoms with Gasteiger partial charge in [0.15, 0.2) is 6.23 Å². The van der Waals surface area contributed by atoms with Crippen LogP contribution in [0.4, 0.5) is 4.39 Å². The quantitative estimate of drug-likeness (QED) is 0.362. The fourth-order valence-electron chi connectivity index (χ4n) is 6.69. The molecular weight excluding hydrogens is 557 g/mol. The van der Waals surface area contributed by atoms with Gasteiger partial charge in [-0.3, -0.25) is 9.59 Å². The van der Waals surface area contributed by atoms with Crippen LogP contribution in [-0.4, -0.2) is 53.8 Å². The fourth-order valence-corrected chi connectivity index (χ4v) is 6.69. The van der Waals surface area contributed by atoms with Gasteiger partial charge in [0, 0.05) is 37.7 Å². The number of amides is 2. The SMILES string of the molecule is C#CCC1C2C(=O)NC(C(O)CNC3(c4cccc(CC)c4)CC3)Oc3cc(F)cc(c3)CCCCCN(CCC)C(=O)C12. The number of ether oxygens (including phenoxy) is 1. The summed E-state index contributed by atoms with van der Waals surface area (Å²) < 4.78 is 20.8. The van der Waals surface area contributed by atoms with Gasteiger partial charge in [-0.25, -0.2) is 4.39 Å². The van der Waals surface area contributed by atoms with E-state index in [1.807, 2.05) is 11.8 Å². The Morgan fingerprint density at radius 3 is 2.70 bits per heavy atom. The maximum atomic E-state index is 14.7. The molecule has 7 nitrogen and oxygen atoms in total. The first-order valence-corrected chi connectivity index (χ1v) is 16.3. The molecule has 5 unspecified atom stereocenters.